The van der Waals surface area contributed by atoms with Crippen LogP contribution in [0.3, 0.4) is 0 Å². The molecule has 0 unspecified atom stereocenters. The van der Waals surface area contributed by atoms with E-state index in [0.29, 0.717) is 6.04 Å². The topological polar surface area (TPSA) is 24.7 Å². The molecule has 1 aliphatic rings. The van der Waals surface area contributed by atoms with Gasteiger partial charge in [0.2, 0.25) is 0 Å². The van der Waals surface area contributed by atoms with Crippen LogP contribution in [0.15, 0.2) is 85.1 Å². The van der Waals surface area contributed by atoms with Gasteiger partial charge in [0.15, 0.2) is 0 Å². The molecule has 4 heteroatoms. The van der Waals surface area contributed by atoms with Crippen molar-refractivity contribution in [3.8, 4) is 0 Å². The standard InChI is InChI=1S/C26H26ClN3/c27-23-12-10-21(11-13-23)26(20-6-2-1-3-7-20)30-16-14-29(15-17-30)19-22-18-28-25-9-5-4-8-24(22)25/h1-13,18,26,28H,14-17,19H2/p+2/t26-/m1/s1. The summed E-state index contributed by atoms with van der Waals surface area (Å²) in [7, 11) is 0. The molecule has 1 aliphatic heterocycles. The lowest BCUT2D eigenvalue weighted by Gasteiger charge is -2.35. The maximum Gasteiger partial charge on any atom is 0.139 e. The van der Waals surface area contributed by atoms with E-state index in [-0.39, 0.29) is 0 Å². The molecule has 3 N–H and O–H groups in total. The maximum atomic E-state index is 6.16. The van der Waals surface area contributed by atoms with Crippen molar-refractivity contribution in [1.29, 1.82) is 0 Å². The van der Waals surface area contributed by atoms with Gasteiger partial charge in [-0.2, -0.15) is 0 Å². The largest absolute Gasteiger partial charge is 0.361 e. The number of aromatic amines is 1. The number of hydrogen-bond acceptors (Lipinski definition) is 0. The van der Waals surface area contributed by atoms with Crippen molar-refractivity contribution in [3.05, 3.63) is 107 Å². The molecule has 0 spiro atoms. The van der Waals surface area contributed by atoms with Gasteiger partial charge in [-0.3, -0.25) is 0 Å². The summed E-state index contributed by atoms with van der Waals surface area (Å²) < 4.78 is 0. The first kappa shape index (κ1) is 19.4. The van der Waals surface area contributed by atoms with Gasteiger partial charge in [-0.15, -0.1) is 0 Å². The maximum absolute atomic E-state index is 6.16. The normalized spacial score (nSPS) is 20.3. The molecule has 0 amide bonds. The fraction of sp³-hybridized carbons (Fsp3) is 0.231. The van der Waals surface area contributed by atoms with E-state index >= 15 is 0 Å². The minimum Gasteiger partial charge on any atom is -0.361 e. The van der Waals surface area contributed by atoms with Crippen molar-refractivity contribution in [3.63, 3.8) is 0 Å². The molecule has 4 aromatic rings. The van der Waals surface area contributed by atoms with E-state index < -0.39 is 0 Å². The van der Waals surface area contributed by atoms with Crippen LogP contribution in [0.25, 0.3) is 10.9 Å². The number of para-hydroxylation sites is 1. The van der Waals surface area contributed by atoms with E-state index in [1.807, 2.05) is 12.1 Å². The molecular formula is C26H28ClN3+2. The van der Waals surface area contributed by atoms with Gasteiger partial charge in [-0.1, -0.05) is 72.3 Å². The zero-order valence-corrected chi connectivity index (χ0v) is 17.8. The summed E-state index contributed by atoms with van der Waals surface area (Å²) in [6.45, 7) is 5.80. The molecule has 0 bridgehead atoms. The number of benzene rings is 3. The Morgan fingerprint density at radius 3 is 2.20 bits per heavy atom. The Morgan fingerprint density at radius 1 is 0.767 bits per heavy atom. The molecule has 1 saturated heterocycles. The molecule has 1 fully saturated rings. The van der Waals surface area contributed by atoms with E-state index in [2.05, 4.69) is 77.9 Å². The molecule has 3 nitrogen and oxygen atoms in total. The molecule has 2 heterocycles. The first-order chi connectivity index (χ1) is 14.8. The monoisotopic (exact) mass is 417 g/mol. The molecule has 152 valence electrons. The van der Waals surface area contributed by atoms with Gasteiger partial charge in [0.1, 0.15) is 38.8 Å². The summed E-state index contributed by atoms with van der Waals surface area (Å²) in [4.78, 5) is 6.74. The van der Waals surface area contributed by atoms with E-state index in [0.717, 1.165) is 11.6 Å². The molecule has 5 rings (SSSR count). The Morgan fingerprint density at radius 2 is 1.43 bits per heavy atom. The average molecular weight is 418 g/mol. The predicted molar refractivity (Wildman–Crippen MR) is 123 cm³/mol. The van der Waals surface area contributed by atoms with Crippen LogP contribution < -0.4 is 9.80 Å². The molecule has 3 aromatic carbocycles. The van der Waals surface area contributed by atoms with Crippen LogP contribution in [-0.4, -0.2) is 31.2 Å². The lowest BCUT2D eigenvalue weighted by atomic mass is 9.96. The van der Waals surface area contributed by atoms with E-state index in [1.165, 1.54) is 53.8 Å². The van der Waals surface area contributed by atoms with Gasteiger partial charge in [-0.25, -0.2) is 0 Å². The number of hydrogen-bond donors (Lipinski definition) is 3. The number of aromatic nitrogens is 1. The molecule has 30 heavy (non-hydrogen) atoms. The van der Waals surface area contributed by atoms with Gasteiger partial charge >= 0.3 is 0 Å². The van der Waals surface area contributed by atoms with Gasteiger partial charge in [0.05, 0.1) is 0 Å². The first-order valence-electron chi connectivity index (χ1n) is 10.8. The third-order valence-electron chi connectivity index (χ3n) is 6.46. The highest BCUT2D eigenvalue weighted by Crippen LogP contribution is 2.21. The second-order valence-electron chi connectivity index (χ2n) is 8.34. The molecule has 1 atom stereocenters. The Hall–Kier alpha value is -2.59. The highest BCUT2D eigenvalue weighted by Gasteiger charge is 2.32. The van der Waals surface area contributed by atoms with Crippen LogP contribution in [0.4, 0.5) is 0 Å². The molecular weight excluding hydrogens is 390 g/mol. The number of fused-ring (bicyclic) bond motifs is 1. The van der Waals surface area contributed by atoms with Crippen molar-refractivity contribution in [2.24, 2.45) is 0 Å². The molecule has 0 aliphatic carbocycles. The van der Waals surface area contributed by atoms with Crippen molar-refractivity contribution >= 4 is 22.5 Å². The highest BCUT2D eigenvalue weighted by molar-refractivity contribution is 6.30. The average Bonchev–Trinajstić information content (AvgIpc) is 3.20. The van der Waals surface area contributed by atoms with Crippen LogP contribution in [0.1, 0.15) is 22.7 Å². The fourth-order valence-electron chi connectivity index (χ4n) is 4.90. The Kier molecular flexibility index (Phi) is 5.58. The van der Waals surface area contributed by atoms with Crippen molar-refractivity contribution in [1.82, 2.24) is 4.98 Å². The second kappa shape index (κ2) is 8.65. The van der Waals surface area contributed by atoms with Gasteiger partial charge in [-0.05, 0) is 18.2 Å². The first-order valence-corrected chi connectivity index (χ1v) is 11.2. The van der Waals surface area contributed by atoms with Crippen molar-refractivity contribution < 1.29 is 9.80 Å². The smallest absolute Gasteiger partial charge is 0.139 e. The summed E-state index contributed by atoms with van der Waals surface area (Å²) >= 11 is 6.16. The van der Waals surface area contributed by atoms with Crippen LogP contribution in [-0.2, 0) is 6.54 Å². The SMILES string of the molecule is Clc1ccc([C@@H](c2ccccc2)[NH+]2CC[NH+](Cc3c[nH]c4ccccc34)CC2)cc1. The lowest BCUT2D eigenvalue weighted by molar-refractivity contribution is -1.03. The van der Waals surface area contributed by atoms with Crippen LogP contribution >= 0.6 is 11.6 Å². The Labute approximate surface area is 182 Å². The zero-order valence-electron chi connectivity index (χ0n) is 17.1. The number of nitrogens with one attached hydrogen (secondary N) is 3. The third kappa shape index (κ3) is 4.01. The van der Waals surface area contributed by atoms with Crippen LogP contribution in [0.2, 0.25) is 5.02 Å². The summed E-state index contributed by atoms with van der Waals surface area (Å²) in [6, 6.07) is 28.3. The van der Waals surface area contributed by atoms with Gasteiger partial charge < -0.3 is 14.8 Å². The quantitative estimate of drug-likeness (QED) is 0.445. The lowest BCUT2D eigenvalue weighted by Crippen LogP contribution is -3.27. The summed E-state index contributed by atoms with van der Waals surface area (Å²) in [5.41, 5.74) is 5.40. The van der Waals surface area contributed by atoms with Crippen molar-refractivity contribution in [2.75, 3.05) is 26.2 Å². The number of rotatable bonds is 5. The highest BCUT2D eigenvalue weighted by atomic mass is 35.5. The van der Waals surface area contributed by atoms with Crippen molar-refractivity contribution in [2.45, 2.75) is 12.6 Å². The van der Waals surface area contributed by atoms with E-state index in [1.54, 1.807) is 9.80 Å². The fourth-order valence-corrected chi connectivity index (χ4v) is 5.03. The molecule has 0 radical (unpaired) electrons. The summed E-state index contributed by atoms with van der Waals surface area (Å²) in [6.07, 6.45) is 2.19. The number of H-pyrrole nitrogens is 1. The number of piperazine rings is 1. The van der Waals surface area contributed by atoms with Crippen LogP contribution in [0, 0.1) is 0 Å². The van der Waals surface area contributed by atoms with Gasteiger partial charge in [0, 0.05) is 38.8 Å². The zero-order chi connectivity index (χ0) is 20.3. The number of halogens is 1. The third-order valence-corrected chi connectivity index (χ3v) is 6.71. The minimum absolute atomic E-state index is 0.359. The van der Waals surface area contributed by atoms with E-state index in [9.17, 15) is 0 Å². The molecule has 1 aromatic heterocycles. The molecule has 0 saturated carbocycles. The van der Waals surface area contributed by atoms with E-state index in [4.69, 9.17) is 11.6 Å². The summed E-state index contributed by atoms with van der Waals surface area (Å²) in [5.74, 6) is 0. The Bertz CT molecular complexity index is 1100. The van der Waals surface area contributed by atoms with Crippen LogP contribution in [0.5, 0.6) is 0 Å². The second-order valence-corrected chi connectivity index (χ2v) is 8.78. The minimum atomic E-state index is 0.359. The summed E-state index contributed by atoms with van der Waals surface area (Å²) in [5, 5.41) is 2.16. The number of quaternary nitrogens is 2. The Balaban J connectivity index is 1.32. The van der Waals surface area contributed by atoms with Gasteiger partial charge in [0.25, 0.3) is 0 Å². The predicted octanol–water partition coefficient (Wildman–Crippen LogP) is 2.89.